The van der Waals surface area contributed by atoms with Gasteiger partial charge in [0.2, 0.25) is 5.91 Å². The van der Waals surface area contributed by atoms with Crippen LogP contribution < -0.4 is 5.32 Å². The number of pyridine rings is 1. The zero-order chi connectivity index (χ0) is 17.5. The first-order valence-electron chi connectivity index (χ1n) is 7.74. The number of hydrogen-bond acceptors (Lipinski definition) is 5. The summed E-state index contributed by atoms with van der Waals surface area (Å²) in [6.45, 7) is 0. The van der Waals surface area contributed by atoms with E-state index >= 15 is 0 Å². The van der Waals surface area contributed by atoms with Crippen LogP contribution in [0.15, 0.2) is 71.1 Å². The van der Waals surface area contributed by atoms with Crippen LogP contribution in [0.4, 0.5) is 5.69 Å². The number of carbonyl (C=O) groups is 1. The first-order valence-corrected chi connectivity index (χ1v) is 9.71. The molecule has 3 rings (SSSR count). The number of rotatable bonds is 7. The number of aromatic nitrogens is 3. The molecular weight excluding hydrogens is 352 g/mol. The summed E-state index contributed by atoms with van der Waals surface area (Å²) in [6.07, 6.45) is 5.43. The summed E-state index contributed by atoms with van der Waals surface area (Å²) in [5.41, 5.74) is 1.78. The van der Waals surface area contributed by atoms with Gasteiger partial charge in [-0.2, -0.15) is 0 Å². The second kappa shape index (κ2) is 8.73. The number of benzene rings is 1. The van der Waals surface area contributed by atoms with Crippen molar-refractivity contribution >= 4 is 35.1 Å². The maximum absolute atomic E-state index is 12.2. The Morgan fingerprint density at radius 3 is 2.72 bits per heavy atom. The molecule has 0 aliphatic rings. The number of para-hydroxylation sites is 1. The molecule has 1 amide bonds. The van der Waals surface area contributed by atoms with E-state index in [-0.39, 0.29) is 5.91 Å². The fraction of sp³-hybridized carbons (Fsp3) is 0.167. The van der Waals surface area contributed by atoms with Crippen molar-refractivity contribution in [3.05, 3.63) is 66.7 Å². The van der Waals surface area contributed by atoms with Gasteiger partial charge in [-0.15, -0.1) is 11.8 Å². The lowest BCUT2D eigenvalue weighted by Gasteiger charge is -2.10. The number of amides is 1. The summed E-state index contributed by atoms with van der Waals surface area (Å²) < 4.78 is 1.95. The van der Waals surface area contributed by atoms with Gasteiger partial charge >= 0.3 is 0 Å². The van der Waals surface area contributed by atoms with Crippen LogP contribution in [0.25, 0.3) is 0 Å². The van der Waals surface area contributed by atoms with Crippen molar-refractivity contribution < 1.29 is 4.79 Å². The van der Waals surface area contributed by atoms with Crippen molar-refractivity contribution in [3.8, 4) is 0 Å². The summed E-state index contributed by atoms with van der Waals surface area (Å²) in [4.78, 5) is 21.8. The Hall–Kier alpha value is -2.25. The Morgan fingerprint density at radius 1 is 1.12 bits per heavy atom. The van der Waals surface area contributed by atoms with Gasteiger partial charge in [0.25, 0.3) is 0 Å². The zero-order valence-corrected chi connectivity index (χ0v) is 15.4. The van der Waals surface area contributed by atoms with Crippen LogP contribution in [-0.4, -0.2) is 26.2 Å². The van der Waals surface area contributed by atoms with Gasteiger partial charge in [-0.1, -0.05) is 18.2 Å². The predicted molar refractivity (Wildman–Crippen MR) is 103 cm³/mol. The van der Waals surface area contributed by atoms with Gasteiger partial charge in [-0.25, -0.2) is 4.98 Å². The Balaban J connectivity index is 1.57. The molecule has 7 heteroatoms. The Labute approximate surface area is 155 Å². The number of nitrogens with one attached hydrogen (secondary N) is 1. The quantitative estimate of drug-likeness (QED) is 0.685. The summed E-state index contributed by atoms with van der Waals surface area (Å²) >= 11 is 3.08. The standard InChI is InChI=1S/C18H18N4OS2/c1-22-11-10-20-18(22)25-16-8-3-2-7-15(16)21-17(23)13-24-12-14-6-4-5-9-19-14/h2-11H,12-13H2,1H3,(H,21,23). The van der Waals surface area contributed by atoms with Gasteiger partial charge in [-0.05, 0) is 36.0 Å². The molecule has 0 aliphatic heterocycles. The molecule has 1 N–H and O–H groups in total. The molecule has 5 nitrogen and oxygen atoms in total. The minimum Gasteiger partial charge on any atom is -0.329 e. The average Bonchev–Trinajstić information content (AvgIpc) is 3.02. The fourth-order valence-corrected chi connectivity index (χ4v) is 3.76. The number of thioether (sulfide) groups is 1. The third-order valence-corrected chi connectivity index (χ3v) is 5.47. The lowest BCUT2D eigenvalue weighted by Crippen LogP contribution is -2.14. The van der Waals surface area contributed by atoms with Gasteiger partial charge < -0.3 is 9.88 Å². The zero-order valence-electron chi connectivity index (χ0n) is 13.8. The number of carbonyl (C=O) groups excluding carboxylic acids is 1. The Bertz CT molecular complexity index is 836. The van der Waals surface area contributed by atoms with Crippen LogP contribution in [-0.2, 0) is 17.6 Å². The van der Waals surface area contributed by atoms with Gasteiger partial charge in [0, 0.05) is 36.3 Å². The second-order valence-electron chi connectivity index (χ2n) is 5.28. The number of imidazole rings is 1. The normalized spacial score (nSPS) is 10.6. The van der Waals surface area contributed by atoms with Crippen molar-refractivity contribution in [3.63, 3.8) is 0 Å². The van der Waals surface area contributed by atoms with E-state index < -0.39 is 0 Å². The van der Waals surface area contributed by atoms with Crippen LogP contribution in [0.1, 0.15) is 5.69 Å². The summed E-state index contributed by atoms with van der Waals surface area (Å²) in [6, 6.07) is 13.6. The number of aryl methyl sites for hydroxylation is 1. The third kappa shape index (κ3) is 5.11. The van der Waals surface area contributed by atoms with E-state index in [1.165, 1.54) is 11.8 Å². The van der Waals surface area contributed by atoms with Gasteiger partial charge in [0.15, 0.2) is 5.16 Å². The summed E-state index contributed by atoms with van der Waals surface area (Å²) in [5, 5.41) is 3.87. The minimum absolute atomic E-state index is 0.0196. The monoisotopic (exact) mass is 370 g/mol. The van der Waals surface area contributed by atoms with E-state index in [0.717, 1.165) is 27.2 Å². The molecule has 0 spiro atoms. The molecule has 0 aliphatic carbocycles. The third-order valence-electron chi connectivity index (χ3n) is 3.35. The Kier molecular flexibility index (Phi) is 6.14. The van der Waals surface area contributed by atoms with Gasteiger partial charge in [0.1, 0.15) is 0 Å². The van der Waals surface area contributed by atoms with E-state index in [1.807, 2.05) is 60.3 Å². The largest absolute Gasteiger partial charge is 0.329 e. The highest BCUT2D eigenvalue weighted by Gasteiger charge is 2.10. The van der Waals surface area contributed by atoms with E-state index in [4.69, 9.17) is 0 Å². The van der Waals surface area contributed by atoms with Crippen LogP contribution in [0.5, 0.6) is 0 Å². The summed E-state index contributed by atoms with van der Waals surface area (Å²) in [7, 11) is 1.95. The van der Waals surface area contributed by atoms with E-state index in [0.29, 0.717) is 5.75 Å². The number of hydrogen-bond donors (Lipinski definition) is 1. The number of nitrogens with zero attached hydrogens (tertiary/aromatic N) is 3. The van der Waals surface area contributed by atoms with E-state index in [1.54, 1.807) is 24.2 Å². The lowest BCUT2D eigenvalue weighted by atomic mass is 10.3. The van der Waals surface area contributed by atoms with Crippen molar-refractivity contribution in [1.29, 1.82) is 0 Å². The van der Waals surface area contributed by atoms with Crippen molar-refractivity contribution in [2.24, 2.45) is 7.05 Å². The van der Waals surface area contributed by atoms with E-state index in [2.05, 4.69) is 15.3 Å². The van der Waals surface area contributed by atoms with Crippen LogP contribution >= 0.6 is 23.5 Å². The molecule has 0 bridgehead atoms. The van der Waals surface area contributed by atoms with Crippen LogP contribution in [0.3, 0.4) is 0 Å². The molecule has 128 valence electrons. The maximum atomic E-state index is 12.2. The SMILES string of the molecule is Cn1ccnc1Sc1ccccc1NC(=O)CSCc1ccccn1. The number of anilines is 1. The fourth-order valence-electron chi connectivity index (χ4n) is 2.13. The molecule has 0 unspecified atom stereocenters. The predicted octanol–water partition coefficient (Wildman–Crippen LogP) is 3.84. The molecule has 25 heavy (non-hydrogen) atoms. The maximum Gasteiger partial charge on any atom is 0.234 e. The molecule has 0 fully saturated rings. The van der Waals surface area contributed by atoms with Crippen molar-refractivity contribution in [2.75, 3.05) is 11.1 Å². The molecule has 2 heterocycles. The topological polar surface area (TPSA) is 59.8 Å². The first-order chi connectivity index (χ1) is 12.2. The highest BCUT2D eigenvalue weighted by atomic mass is 32.2. The van der Waals surface area contributed by atoms with Crippen molar-refractivity contribution in [2.45, 2.75) is 15.8 Å². The molecule has 0 saturated heterocycles. The molecular formula is C18H18N4OS2. The molecule has 0 radical (unpaired) electrons. The molecule has 2 aromatic heterocycles. The average molecular weight is 371 g/mol. The lowest BCUT2D eigenvalue weighted by molar-refractivity contribution is -0.113. The van der Waals surface area contributed by atoms with Crippen molar-refractivity contribution in [1.82, 2.24) is 14.5 Å². The molecule has 0 saturated carbocycles. The van der Waals surface area contributed by atoms with Crippen LogP contribution in [0, 0.1) is 0 Å². The summed E-state index contributed by atoms with van der Waals surface area (Å²) in [5.74, 6) is 1.09. The smallest absolute Gasteiger partial charge is 0.234 e. The highest BCUT2D eigenvalue weighted by Crippen LogP contribution is 2.32. The molecule has 1 aromatic carbocycles. The first kappa shape index (κ1) is 17.6. The van der Waals surface area contributed by atoms with Crippen LogP contribution in [0.2, 0.25) is 0 Å². The van der Waals surface area contributed by atoms with Gasteiger partial charge in [0.05, 0.1) is 17.1 Å². The van der Waals surface area contributed by atoms with E-state index in [9.17, 15) is 4.79 Å². The highest BCUT2D eigenvalue weighted by molar-refractivity contribution is 7.99. The minimum atomic E-state index is -0.0196. The molecule has 0 atom stereocenters. The van der Waals surface area contributed by atoms with Gasteiger partial charge in [-0.3, -0.25) is 9.78 Å². The second-order valence-corrected chi connectivity index (χ2v) is 7.28. The Morgan fingerprint density at radius 2 is 1.96 bits per heavy atom. The molecule has 3 aromatic rings.